The van der Waals surface area contributed by atoms with Crippen LogP contribution < -0.4 is 21.5 Å². The van der Waals surface area contributed by atoms with Gasteiger partial charge in [-0.25, -0.2) is 38.3 Å². The first kappa shape index (κ1) is 44.2. The Morgan fingerprint density at radius 2 is 1.05 bits per heavy atom. The van der Waals surface area contributed by atoms with Gasteiger partial charge in [-0.05, 0) is 60.1 Å². The minimum Gasteiger partial charge on any atom is -0.396 e. The van der Waals surface area contributed by atoms with Gasteiger partial charge in [0.25, 0.3) is 0 Å². The van der Waals surface area contributed by atoms with Crippen LogP contribution in [0.15, 0.2) is 106 Å². The number of amides is 1. The van der Waals surface area contributed by atoms with Crippen LogP contribution >= 0.6 is 22.7 Å². The zero-order valence-electron chi connectivity index (χ0n) is 35.1. The van der Waals surface area contributed by atoms with Gasteiger partial charge in [-0.2, -0.15) is 0 Å². The largest absolute Gasteiger partial charge is 0.396 e. The summed E-state index contributed by atoms with van der Waals surface area (Å²) in [6, 6.07) is 23.7. The topological polar surface area (TPSA) is 239 Å². The molecule has 0 saturated heterocycles. The minimum atomic E-state index is -3.47. The Balaban J connectivity index is 0.000000164. The Bertz CT molecular complexity index is 3230. The van der Waals surface area contributed by atoms with Crippen molar-refractivity contribution in [2.24, 2.45) is 0 Å². The van der Waals surface area contributed by atoms with E-state index in [2.05, 4.69) is 30.0 Å². The van der Waals surface area contributed by atoms with Gasteiger partial charge in [0.1, 0.15) is 18.1 Å². The fraction of sp³-hybridized carbons (Fsp3) is 0.222. The van der Waals surface area contributed by atoms with Crippen LogP contribution in [-0.2, 0) is 36.4 Å². The third kappa shape index (κ3) is 9.39. The number of nitrogen functional groups attached to an aromatic ring is 2. The van der Waals surface area contributed by atoms with Gasteiger partial charge >= 0.3 is 0 Å². The molecular weight excluding hydrogens is 921 g/mol. The lowest BCUT2D eigenvalue weighted by atomic mass is 10.00. The molecule has 2 saturated carbocycles. The van der Waals surface area contributed by atoms with E-state index in [4.69, 9.17) is 21.4 Å². The van der Waals surface area contributed by atoms with E-state index in [9.17, 15) is 21.6 Å². The second kappa shape index (κ2) is 18.4. The van der Waals surface area contributed by atoms with E-state index < -0.39 is 31.6 Å². The predicted octanol–water partition coefficient (Wildman–Crippen LogP) is 8.66. The molecular formula is C45H42N10O5S5. The summed E-state index contributed by atoms with van der Waals surface area (Å²) in [5, 5.41) is 4.54. The van der Waals surface area contributed by atoms with Gasteiger partial charge in [-0.15, -0.1) is 22.7 Å². The monoisotopic (exact) mass is 962 g/mol. The summed E-state index contributed by atoms with van der Waals surface area (Å²) < 4.78 is 52.7. The number of benzene rings is 2. The van der Waals surface area contributed by atoms with Crippen LogP contribution in [0.25, 0.3) is 65.2 Å². The van der Waals surface area contributed by atoms with Gasteiger partial charge in [0, 0.05) is 64.1 Å². The normalized spacial score (nSPS) is 15.0. The summed E-state index contributed by atoms with van der Waals surface area (Å²) in [7, 11) is -5.74. The average Bonchev–Trinajstić information content (AvgIpc) is 3.78. The fourth-order valence-corrected chi connectivity index (χ4v) is 14.2. The second-order valence-corrected chi connectivity index (χ2v) is 23.3. The zero-order valence-corrected chi connectivity index (χ0v) is 39.1. The Morgan fingerprint density at radius 1 is 0.646 bits per heavy atom. The number of thiophene rings is 2. The van der Waals surface area contributed by atoms with Crippen LogP contribution in [0, 0.1) is 0 Å². The maximum absolute atomic E-state index is 13.1. The summed E-state index contributed by atoms with van der Waals surface area (Å²) in [5.74, 6) is -0.00182. The number of nitrogens with one attached hydrogen (secondary N) is 2. The molecule has 0 spiro atoms. The van der Waals surface area contributed by atoms with E-state index in [1.165, 1.54) is 42.0 Å². The number of carbonyl (C=O) groups is 1. The predicted molar refractivity (Wildman–Crippen MR) is 262 cm³/mol. The van der Waals surface area contributed by atoms with E-state index in [1.807, 2.05) is 72.8 Å². The Hall–Kier alpha value is -6.06. The molecule has 8 aromatic rings. The quantitative estimate of drug-likeness (QED) is 0.0950. The molecule has 6 aromatic heterocycles. The van der Waals surface area contributed by atoms with Crippen molar-refractivity contribution < 1.29 is 21.6 Å². The molecule has 2 atom stereocenters. The number of hydrogen-bond donors (Lipinski definition) is 4. The molecule has 0 bridgehead atoms. The molecule has 1 amide bonds. The first-order valence-electron chi connectivity index (χ1n) is 20.6. The van der Waals surface area contributed by atoms with Crippen LogP contribution in [0.3, 0.4) is 0 Å². The summed E-state index contributed by atoms with van der Waals surface area (Å²) >= 11 is 2.77. The lowest BCUT2D eigenvalue weighted by Gasteiger charge is -2.23. The van der Waals surface area contributed by atoms with Crippen molar-refractivity contribution in [1.29, 1.82) is 0 Å². The molecule has 0 aliphatic heterocycles. The SMILES string of the molecule is CC(=O)Nc1ncc(-c2cc(-c3ccccc3)c3c(N)c(S(=O)C4CCC4)sc3n2)cn1.CS(=O)(=O)Nc1ncc(-c2cc(-c3ccccc3)c3c(N)c(S(=O)C4CCC4)sc3n2)cn1. The number of nitrogens with zero attached hydrogens (tertiary/aromatic N) is 6. The first-order valence-corrected chi connectivity index (χ1v) is 26.5. The van der Waals surface area contributed by atoms with Crippen LogP contribution in [0.5, 0.6) is 0 Å². The first-order chi connectivity index (χ1) is 31.3. The molecule has 2 aromatic carbocycles. The highest BCUT2D eigenvalue weighted by molar-refractivity contribution is 7.92. The maximum atomic E-state index is 13.1. The minimum absolute atomic E-state index is 0.0100. The van der Waals surface area contributed by atoms with Crippen molar-refractivity contribution in [3.63, 3.8) is 0 Å². The summed E-state index contributed by atoms with van der Waals surface area (Å²) in [4.78, 5) is 38.9. The molecule has 10 rings (SSSR count). The van der Waals surface area contributed by atoms with Crippen molar-refractivity contribution in [2.45, 2.75) is 64.4 Å². The number of nitrogens with two attached hydrogens (primary N) is 2. The molecule has 15 nitrogen and oxygen atoms in total. The number of fused-ring (bicyclic) bond motifs is 2. The van der Waals surface area contributed by atoms with Crippen molar-refractivity contribution in [3.05, 3.63) is 97.6 Å². The van der Waals surface area contributed by atoms with Gasteiger partial charge in [0.2, 0.25) is 27.8 Å². The summed E-state index contributed by atoms with van der Waals surface area (Å²) in [5.41, 5.74) is 20.6. The van der Waals surface area contributed by atoms with Gasteiger partial charge in [0.15, 0.2) is 0 Å². The maximum Gasteiger partial charge on any atom is 0.236 e. The van der Waals surface area contributed by atoms with Gasteiger partial charge in [-0.3, -0.25) is 23.3 Å². The highest BCUT2D eigenvalue weighted by Gasteiger charge is 2.31. The number of rotatable bonds is 11. The molecule has 2 aliphatic rings. The van der Waals surface area contributed by atoms with E-state index in [1.54, 1.807) is 12.4 Å². The Kier molecular flexibility index (Phi) is 12.5. The number of aromatic nitrogens is 6. The van der Waals surface area contributed by atoms with E-state index >= 15 is 0 Å². The molecule has 2 aliphatic carbocycles. The lowest BCUT2D eigenvalue weighted by Crippen LogP contribution is -2.23. The van der Waals surface area contributed by atoms with Crippen molar-refractivity contribution in [3.8, 4) is 44.8 Å². The van der Waals surface area contributed by atoms with Gasteiger partial charge < -0.3 is 11.5 Å². The molecule has 65 heavy (non-hydrogen) atoms. The molecule has 6 N–H and O–H groups in total. The Morgan fingerprint density at radius 3 is 1.40 bits per heavy atom. The van der Waals surface area contributed by atoms with Crippen molar-refractivity contribution >= 4 is 104 Å². The third-order valence-corrected chi connectivity index (χ3v) is 18.2. The number of hydrogen-bond acceptors (Lipinski definition) is 15. The molecule has 2 fully saturated rings. The molecule has 2 unspecified atom stereocenters. The van der Waals surface area contributed by atoms with Crippen LogP contribution in [-0.4, -0.2) is 69.4 Å². The third-order valence-electron chi connectivity index (χ3n) is 11.0. The fourth-order valence-electron chi connectivity index (χ4n) is 7.32. The second-order valence-electron chi connectivity index (χ2n) is 15.7. The van der Waals surface area contributed by atoms with Crippen LogP contribution in [0.4, 0.5) is 23.3 Å². The number of carbonyl (C=O) groups excluding carboxylic acids is 1. The van der Waals surface area contributed by atoms with Crippen molar-refractivity contribution in [1.82, 2.24) is 29.9 Å². The average molecular weight is 963 g/mol. The molecule has 20 heteroatoms. The van der Waals surface area contributed by atoms with Crippen molar-refractivity contribution in [2.75, 3.05) is 27.8 Å². The molecule has 0 radical (unpaired) electrons. The smallest absolute Gasteiger partial charge is 0.236 e. The van der Waals surface area contributed by atoms with Gasteiger partial charge in [-0.1, -0.05) is 73.5 Å². The highest BCUT2D eigenvalue weighted by atomic mass is 32.2. The lowest BCUT2D eigenvalue weighted by molar-refractivity contribution is -0.114. The highest BCUT2D eigenvalue weighted by Crippen LogP contribution is 2.46. The number of anilines is 4. The van der Waals surface area contributed by atoms with Crippen LogP contribution in [0.2, 0.25) is 0 Å². The van der Waals surface area contributed by atoms with E-state index in [0.717, 1.165) is 82.6 Å². The van der Waals surface area contributed by atoms with Gasteiger partial charge in [0.05, 0.1) is 50.6 Å². The standard InChI is InChI=1S/C23H21N5O2S2.C22H21N5O3S3/c1-13(29)27-23-25-11-15(12-26-23)18-10-17(14-6-3-2-4-7-14)19-20(24)22(31-21(19)28-18)32(30)16-8-5-9-16;1-33(29,30)27-22-24-11-14(12-25-22)17-10-16(13-6-3-2-4-7-13)18-19(23)21(31-20(18)26-17)32(28)15-8-5-9-15/h2-4,6-7,10-12,16H,5,8-9,24H2,1H3,(H,25,26,27,29);2-4,6-7,10-12,15H,5,8-9,23H2,1H3,(H,24,25,27). The number of sulfonamides is 1. The Labute approximate surface area is 387 Å². The zero-order chi connectivity index (χ0) is 45.4. The molecule has 332 valence electrons. The van der Waals surface area contributed by atoms with Crippen LogP contribution in [0.1, 0.15) is 45.4 Å². The molecule has 6 heterocycles. The number of pyridine rings is 2. The van der Waals surface area contributed by atoms with E-state index in [0.29, 0.717) is 47.1 Å². The summed E-state index contributed by atoms with van der Waals surface area (Å²) in [6.45, 7) is 1.41. The summed E-state index contributed by atoms with van der Waals surface area (Å²) in [6.07, 6.45) is 13.4. The van der Waals surface area contributed by atoms with E-state index in [-0.39, 0.29) is 28.3 Å².